The van der Waals surface area contributed by atoms with Crippen LogP contribution in [-0.2, 0) is 0 Å². The summed E-state index contributed by atoms with van der Waals surface area (Å²) in [6.45, 7) is 0.881. The van der Waals surface area contributed by atoms with Crippen LogP contribution in [0.2, 0.25) is 0 Å². The fraction of sp³-hybridized carbons (Fsp3) is 0.125. The van der Waals surface area contributed by atoms with Gasteiger partial charge in [-0.3, -0.25) is 4.79 Å². The van der Waals surface area contributed by atoms with Gasteiger partial charge < -0.3 is 16.0 Å². The highest BCUT2D eigenvalue weighted by Crippen LogP contribution is 2.26. The van der Waals surface area contributed by atoms with Crippen molar-refractivity contribution >= 4 is 22.4 Å². The fourth-order valence-electron chi connectivity index (χ4n) is 2.06. The molecule has 2 aromatic rings. The lowest BCUT2D eigenvalue weighted by Crippen LogP contribution is -2.15. The highest BCUT2D eigenvalue weighted by molar-refractivity contribution is 7.14. The van der Waals surface area contributed by atoms with Crippen LogP contribution >= 0.6 is 11.3 Å². The Morgan fingerprint density at radius 2 is 2.14 bits per heavy atom. The van der Waals surface area contributed by atoms with Crippen LogP contribution in [-0.4, -0.2) is 29.4 Å². The molecule has 1 amide bonds. The van der Waals surface area contributed by atoms with Crippen LogP contribution in [0.1, 0.15) is 10.4 Å². The minimum absolute atomic E-state index is 0.423. The largest absolute Gasteiger partial charge is 0.377 e. The standard InChI is InChI=1S/C16H16N4OS/c1-20-8-6-13(7-9-20)18-16-19-14(10-22-16)11-2-4-12(5-3-11)15(17)21/h2-8,10H,9H2,1H3,(H2,17,21)(H,18,19). The summed E-state index contributed by atoms with van der Waals surface area (Å²) in [5.41, 5.74) is 8.62. The molecule has 22 heavy (non-hydrogen) atoms. The number of nitrogens with one attached hydrogen (secondary N) is 1. The molecule has 1 aliphatic heterocycles. The van der Waals surface area contributed by atoms with Gasteiger partial charge in [-0.25, -0.2) is 4.98 Å². The smallest absolute Gasteiger partial charge is 0.248 e. The first-order valence-electron chi connectivity index (χ1n) is 6.83. The first-order valence-corrected chi connectivity index (χ1v) is 7.71. The summed E-state index contributed by atoms with van der Waals surface area (Å²) in [6, 6.07) is 7.14. The van der Waals surface area contributed by atoms with Crippen LogP contribution in [0.15, 0.2) is 53.7 Å². The van der Waals surface area contributed by atoms with Gasteiger partial charge in [0.05, 0.1) is 5.69 Å². The van der Waals surface area contributed by atoms with Crippen molar-refractivity contribution in [3.8, 4) is 11.3 Å². The predicted molar refractivity (Wildman–Crippen MR) is 89.5 cm³/mol. The van der Waals surface area contributed by atoms with Crippen LogP contribution in [0.25, 0.3) is 11.3 Å². The van der Waals surface area contributed by atoms with E-state index in [4.69, 9.17) is 5.73 Å². The third-order valence-electron chi connectivity index (χ3n) is 3.33. The third-order valence-corrected chi connectivity index (χ3v) is 4.09. The Labute approximate surface area is 132 Å². The van der Waals surface area contributed by atoms with Gasteiger partial charge in [0.1, 0.15) is 0 Å². The summed E-state index contributed by atoms with van der Waals surface area (Å²) in [7, 11) is 2.03. The van der Waals surface area contributed by atoms with Crippen molar-refractivity contribution in [2.45, 2.75) is 0 Å². The molecule has 1 aliphatic rings. The Hall–Kier alpha value is -2.60. The number of allylic oxidation sites excluding steroid dienone is 1. The average Bonchev–Trinajstić information content (AvgIpc) is 2.98. The van der Waals surface area contributed by atoms with Crippen molar-refractivity contribution in [1.82, 2.24) is 9.88 Å². The zero-order valence-corrected chi connectivity index (χ0v) is 12.9. The number of hydrogen-bond acceptors (Lipinski definition) is 5. The molecule has 0 spiro atoms. The maximum Gasteiger partial charge on any atom is 0.248 e. The molecular formula is C16H16N4OS. The van der Waals surface area contributed by atoms with Crippen molar-refractivity contribution in [2.75, 3.05) is 18.9 Å². The quantitative estimate of drug-likeness (QED) is 0.910. The second-order valence-corrected chi connectivity index (χ2v) is 5.88. The highest BCUT2D eigenvalue weighted by Gasteiger charge is 2.08. The third kappa shape index (κ3) is 3.17. The van der Waals surface area contributed by atoms with E-state index in [1.54, 1.807) is 23.5 Å². The van der Waals surface area contributed by atoms with Gasteiger partial charge >= 0.3 is 0 Å². The molecule has 0 saturated carbocycles. The molecule has 1 aromatic heterocycles. The van der Waals surface area contributed by atoms with Crippen molar-refractivity contribution in [1.29, 1.82) is 0 Å². The van der Waals surface area contributed by atoms with Crippen LogP contribution in [0.5, 0.6) is 0 Å². The fourth-order valence-corrected chi connectivity index (χ4v) is 2.80. The van der Waals surface area contributed by atoms with E-state index < -0.39 is 5.91 Å². The number of thiazole rings is 1. The van der Waals surface area contributed by atoms with Gasteiger partial charge in [0.25, 0.3) is 0 Å². The lowest BCUT2D eigenvalue weighted by Gasteiger charge is -2.17. The van der Waals surface area contributed by atoms with Crippen molar-refractivity contribution in [3.63, 3.8) is 0 Å². The molecule has 0 fully saturated rings. The second kappa shape index (κ2) is 6.03. The number of rotatable bonds is 4. The molecule has 3 N–H and O–H groups in total. The van der Waals surface area contributed by atoms with Gasteiger partial charge in [0, 0.05) is 42.0 Å². The molecule has 3 rings (SSSR count). The number of likely N-dealkylation sites (N-methyl/N-ethyl adjacent to an activating group) is 1. The number of amides is 1. The second-order valence-electron chi connectivity index (χ2n) is 5.02. The zero-order valence-electron chi connectivity index (χ0n) is 12.1. The first-order chi connectivity index (χ1) is 10.6. The molecule has 112 valence electrons. The molecule has 0 bridgehead atoms. The number of carbonyl (C=O) groups excluding carboxylic acids is 1. The lowest BCUT2D eigenvalue weighted by molar-refractivity contribution is 0.100. The maximum atomic E-state index is 11.1. The summed E-state index contributed by atoms with van der Waals surface area (Å²) >= 11 is 1.55. The topological polar surface area (TPSA) is 71.2 Å². The molecule has 0 saturated heterocycles. The monoisotopic (exact) mass is 312 g/mol. The minimum Gasteiger partial charge on any atom is -0.377 e. The molecule has 2 heterocycles. The summed E-state index contributed by atoms with van der Waals surface area (Å²) in [6.07, 6.45) is 6.16. The van der Waals surface area contributed by atoms with Gasteiger partial charge in [-0.1, -0.05) is 12.1 Å². The number of carbonyl (C=O) groups is 1. The van der Waals surface area contributed by atoms with E-state index in [9.17, 15) is 4.79 Å². The highest BCUT2D eigenvalue weighted by atomic mass is 32.1. The number of nitrogens with two attached hydrogens (primary N) is 1. The normalized spacial score (nSPS) is 13.9. The van der Waals surface area contributed by atoms with E-state index in [0.717, 1.165) is 28.6 Å². The predicted octanol–water partition coefficient (Wildman–Crippen LogP) is 2.66. The minimum atomic E-state index is -0.423. The summed E-state index contributed by atoms with van der Waals surface area (Å²) in [5, 5.41) is 6.13. The zero-order chi connectivity index (χ0) is 15.5. The number of nitrogens with zero attached hydrogens (tertiary/aromatic N) is 2. The molecule has 0 unspecified atom stereocenters. The van der Waals surface area contributed by atoms with Crippen LogP contribution < -0.4 is 11.1 Å². The Morgan fingerprint density at radius 3 is 2.77 bits per heavy atom. The number of hydrogen-bond donors (Lipinski definition) is 2. The molecule has 6 heteroatoms. The van der Waals surface area contributed by atoms with Gasteiger partial charge in [-0.05, 0) is 24.3 Å². The van der Waals surface area contributed by atoms with Crippen LogP contribution in [0.3, 0.4) is 0 Å². The number of anilines is 1. The molecule has 0 atom stereocenters. The molecule has 0 radical (unpaired) electrons. The van der Waals surface area contributed by atoms with Gasteiger partial charge in [0.15, 0.2) is 5.13 Å². The van der Waals surface area contributed by atoms with E-state index in [0.29, 0.717) is 5.56 Å². The first kappa shape index (κ1) is 14.3. The van der Waals surface area contributed by atoms with Crippen molar-refractivity contribution in [3.05, 3.63) is 59.3 Å². The molecular weight excluding hydrogens is 296 g/mol. The SMILES string of the molecule is CN1C=CC(Nc2nc(-c3ccc(C(N)=O)cc3)cs2)=CC1. The Balaban J connectivity index is 1.73. The van der Waals surface area contributed by atoms with Crippen LogP contribution in [0, 0.1) is 0 Å². The number of aromatic nitrogens is 1. The summed E-state index contributed by atoms with van der Waals surface area (Å²) in [5.74, 6) is -0.423. The van der Waals surface area contributed by atoms with Gasteiger partial charge in [-0.2, -0.15) is 0 Å². The van der Waals surface area contributed by atoms with Gasteiger partial charge in [-0.15, -0.1) is 11.3 Å². The average molecular weight is 312 g/mol. The Morgan fingerprint density at radius 1 is 1.36 bits per heavy atom. The van der Waals surface area contributed by atoms with Gasteiger partial charge in [0.2, 0.25) is 5.91 Å². The van der Waals surface area contributed by atoms with E-state index in [2.05, 4.69) is 21.3 Å². The maximum absolute atomic E-state index is 11.1. The number of primary amides is 1. The van der Waals surface area contributed by atoms with E-state index in [-0.39, 0.29) is 0 Å². The summed E-state index contributed by atoms with van der Waals surface area (Å²) < 4.78 is 0. The van der Waals surface area contributed by atoms with Crippen molar-refractivity contribution < 1.29 is 4.79 Å². The Bertz CT molecular complexity index is 746. The summed E-state index contributed by atoms with van der Waals surface area (Å²) in [4.78, 5) is 17.7. The Kier molecular flexibility index (Phi) is 3.93. The van der Waals surface area contributed by atoms with E-state index >= 15 is 0 Å². The molecule has 1 aromatic carbocycles. The van der Waals surface area contributed by atoms with Crippen molar-refractivity contribution in [2.24, 2.45) is 5.73 Å². The van der Waals surface area contributed by atoms with E-state index in [1.807, 2.05) is 36.8 Å². The van der Waals surface area contributed by atoms with E-state index in [1.165, 1.54) is 0 Å². The lowest BCUT2D eigenvalue weighted by atomic mass is 10.1. The number of benzene rings is 1. The molecule has 0 aliphatic carbocycles. The van der Waals surface area contributed by atoms with Crippen LogP contribution in [0.4, 0.5) is 5.13 Å². The molecule has 5 nitrogen and oxygen atoms in total.